The van der Waals surface area contributed by atoms with Crippen molar-refractivity contribution in [3.63, 3.8) is 0 Å². The van der Waals surface area contributed by atoms with Crippen LogP contribution in [0.4, 0.5) is 0 Å². The Hall–Kier alpha value is -1.34. The van der Waals surface area contributed by atoms with Crippen LogP contribution in [0.2, 0.25) is 0 Å². The summed E-state index contributed by atoms with van der Waals surface area (Å²) in [5.41, 5.74) is 6.51. The summed E-state index contributed by atoms with van der Waals surface area (Å²) in [5, 5.41) is 13.2. The third-order valence-electron chi connectivity index (χ3n) is 2.81. The molecule has 0 fully saturated rings. The van der Waals surface area contributed by atoms with Crippen molar-refractivity contribution >= 4 is 11.8 Å². The van der Waals surface area contributed by atoms with Gasteiger partial charge in [-0.1, -0.05) is 30.8 Å². The lowest BCUT2D eigenvalue weighted by molar-refractivity contribution is 0.385. The molecule has 0 saturated carbocycles. The Morgan fingerprint density at radius 3 is 2.84 bits per heavy atom. The van der Waals surface area contributed by atoms with E-state index in [4.69, 9.17) is 10.3 Å². The van der Waals surface area contributed by atoms with Crippen LogP contribution in [-0.2, 0) is 19.2 Å². The molecule has 0 spiro atoms. The van der Waals surface area contributed by atoms with Crippen LogP contribution in [-0.4, -0.2) is 26.5 Å². The summed E-state index contributed by atoms with van der Waals surface area (Å²) in [4.78, 5) is 0. The van der Waals surface area contributed by atoms with Crippen LogP contribution in [0.25, 0.3) is 0 Å². The van der Waals surface area contributed by atoms with Gasteiger partial charge in [0.2, 0.25) is 0 Å². The molecule has 0 amide bonds. The first-order valence-corrected chi connectivity index (χ1v) is 7.27. The minimum Gasteiger partial charge on any atom is -0.360 e. The standard InChI is InChI=1S/C12H19N5OS/c1-8(2)10-6-9(18-16-10)7-19-12-15-14-11(4-5-13)17(12)3/h6,8H,4-5,7,13H2,1-3H3. The van der Waals surface area contributed by atoms with Crippen molar-refractivity contribution in [2.75, 3.05) is 6.54 Å². The Morgan fingerprint density at radius 2 is 2.21 bits per heavy atom. The largest absolute Gasteiger partial charge is 0.360 e. The SMILES string of the molecule is CC(C)c1cc(CSc2nnc(CCN)n2C)on1. The molecule has 2 aromatic rings. The minimum absolute atomic E-state index is 0.383. The Labute approximate surface area is 116 Å². The van der Waals surface area contributed by atoms with Gasteiger partial charge in [0.25, 0.3) is 0 Å². The first-order chi connectivity index (χ1) is 9.11. The second-order valence-corrected chi connectivity index (χ2v) is 5.60. The fraction of sp³-hybridized carbons (Fsp3) is 0.583. The van der Waals surface area contributed by atoms with Gasteiger partial charge >= 0.3 is 0 Å². The molecule has 2 N–H and O–H groups in total. The van der Waals surface area contributed by atoms with E-state index in [1.54, 1.807) is 11.8 Å². The molecule has 104 valence electrons. The molecule has 0 aromatic carbocycles. The zero-order valence-electron chi connectivity index (χ0n) is 11.5. The highest BCUT2D eigenvalue weighted by molar-refractivity contribution is 7.98. The lowest BCUT2D eigenvalue weighted by atomic mass is 10.1. The first kappa shape index (κ1) is 14.1. The van der Waals surface area contributed by atoms with Crippen molar-refractivity contribution in [3.05, 3.63) is 23.3 Å². The highest BCUT2D eigenvalue weighted by Crippen LogP contribution is 2.23. The van der Waals surface area contributed by atoms with E-state index in [0.717, 1.165) is 28.9 Å². The fourth-order valence-corrected chi connectivity index (χ4v) is 2.43. The molecule has 2 heterocycles. The van der Waals surface area contributed by atoms with Gasteiger partial charge < -0.3 is 14.8 Å². The predicted octanol–water partition coefficient (Wildman–Crippen LogP) is 1.72. The minimum atomic E-state index is 0.383. The van der Waals surface area contributed by atoms with E-state index < -0.39 is 0 Å². The summed E-state index contributed by atoms with van der Waals surface area (Å²) in [6, 6.07) is 1.99. The number of hydrogen-bond donors (Lipinski definition) is 1. The van der Waals surface area contributed by atoms with Crippen LogP contribution >= 0.6 is 11.8 Å². The zero-order chi connectivity index (χ0) is 13.8. The van der Waals surface area contributed by atoms with Crippen molar-refractivity contribution in [1.82, 2.24) is 19.9 Å². The van der Waals surface area contributed by atoms with Gasteiger partial charge in [-0.05, 0) is 12.5 Å². The summed E-state index contributed by atoms with van der Waals surface area (Å²) in [6.45, 7) is 4.77. The molecule has 0 saturated heterocycles. The van der Waals surface area contributed by atoms with Gasteiger partial charge in [-0.25, -0.2) is 0 Å². The third-order valence-corrected chi connectivity index (χ3v) is 3.85. The van der Waals surface area contributed by atoms with E-state index in [-0.39, 0.29) is 0 Å². The van der Waals surface area contributed by atoms with Crippen molar-refractivity contribution in [1.29, 1.82) is 0 Å². The van der Waals surface area contributed by atoms with Crippen molar-refractivity contribution in [3.8, 4) is 0 Å². The van der Waals surface area contributed by atoms with E-state index in [1.165, 1.54) is 0 Å². The number of nitrogens with zero attached hydrogens (tertiary/aromatic N) is 4. The molecule has 2 rings (SSSR count). The average molecular weight is 281 g/mol. The first-order valence-electron chi connectivity index (χ1n) is 6.28. The van der Waals surface area contributed by atoms with Crippen LogP contribution in [0, 0.1) is 0 Å². The molecule has 0 atom stereocenters. The molecule has 0 unspecified atom stereocenters. The smallest absolute Gasteiger partial charge is 0.191 e. The van der Waals surface area contributed by atoms with Crippen LogP contribution in [0.3, 0.4) is 0 Å². The zero-order valence-corrected chi connectivity index (χ0v) is 12.3. The quantitative estimate of drug-likeness (QED) is 0.812. The van der Waals surface area contributed by atoms with Gasteiger partial charge in [0.05, 0.1) is 11.4 Å². The molecule has 6 nitrogen and oxygen atoms in total. The van der Waals surface area contributed by atoms with E-state index >= 15 is 0 Å². The lowest BCUT2D eigenvalue weighted by Gasteiger charge is -2.01. The topological polar surface area (TPSA) is 82.8 Å². The van der Waals surface area contributed by atoms with E-state index in [9.17, 15) is 0 Å². The second kappa shape index (κ2) is 6.21. The van der Waals surface area contributed by atoms with E-state index in [1.807, 2.05) is 17.7 Å². The Balaban J connectivity index is 1.98. The summed E-state index contributed by atoms with van der Waals surface area (Å²) in [6.07, 6.45) is 0.740. The van der Waals surface area contributed by atoms with Crippen molar-refractivity contribution < 1.29 is 4.52 Å². The molecular weight excluding hydrogens is 262 g/mol. The highest BCUT2D eigenvalue weighted by atomic mass is 32.2. The maximum absolute atomic E-state index is 5.52. The third kappa shape index (κ3) is 3.36. The number of hydrogen-bond acceptors (Lipinski definition) is 6. The van der Waals surface area contributed by atoms with Gasteiger partial charge in [0.1, 0.15) is 11.6 Å². The summed E-state index contributed by atoms with van der Waals surface area (Å²) in [7, 11) is 1.95. The number of rotatable bonds is 6. The number of thioether (sulfide) groups is 1. The van der Waals surface area contributed by atoms with Gasteiger partial charge in [0.15, 0.2) is 5.16 Å². The molecule has 0 aliphatic heterocycles. The molecule has 7 heteroatoms. The van der Waals surface area contributed by atoms with Crippen LogP contribution in [0.5, 0.6) is 0 Å². The van der Waals surface area contributed by atoms with Crippen molar-refractivity contribution in [2.45, 2.75) is 37.1 Å². The number of aromatic nitrogens is 4. The van der Waals surface area contributed by atoms with Crippen LogP contribution in [0.15, 0.2) is 15.7 Å². The Kier molecular flexibility index (Phi) is 4.60. The monoisotopic (exact) mass is 281 g/mol. The lowest BCUT2D eigenvalue weighted by Crippen LogP contribution is -2.08. The van der Waals surface area contributed by atoms with Gasteiger partial charge in [-0.15, -0.1) is 10.2 Å². The van der Waals surface area contributed by atoms with Crippen LogP contribution < -0.4 is 5.73 Å². The van der Waals surface area contributed by atoms with Crippen LogP contribution in [0.1, 0.15) is 37.0 Å². The highest BCUT2D eigenvalue weighted by Gasteiger charge is 2.12. The Bertz CT molecular complexity index is 534. The normalized spacial score (nSPS) is 11.4. The van der Waals surface area contributed by atoms with Crippen molar-refractivity contribution in [2.24, 2.45) is 12.8 Å². The molecule has 0 aliphatic carbocycles. The molecule has 19 heavy (non-hydrogen) atoms. The molecule has 0 bridgehead atoms. The predicted molar refractivity (Wildman–Crippen MR) is 73.9 cm³/mol. The van der Waals surface area contributed by atoms with E-state index in [2.05, 4.69) is 29.2 Å². The molecular formula is C12H19N5OS. The van der Waals surface area contributed by atoms with Gasteiger partial charge in [0, 0.05) is 19.5 Å². The van der Waals surface area contributed by atoms with Gasteiger partial charge in [-0.3, -0.25) is 0 Å². The average Bonchev–Trinajstić information content (AvgIpc) is 2.97. The summed E-state index contributed by atoms with van der Waals surface area (Å²) in [5.74, 6) is 2.85. The summed E-state index contributed by atoms with van der Waals surface area (Å²) < 4.78 is 7.26. The Morgan fingerprint density at radius 1 is 1.42 bits per heavy atom. The molecule has 2 aromatic heterocycles. The van der Waals surface area contributed by atoms with Gasteiger partial charge in [-0.2, -0.15) is 0 Å². The maximum atomic E-state index is 5.52. The fourth-order valence-electron chi connectivity index (χ4n) is 1.62. The summed E-state index contributed by atoms with van der Waals surface area (Å²) >= 11 is 1.59. The van der Waals surface area contributed by atoms with E-state index in [0.29, 0.717) is 18.2 Å². The second-order valence-electron chi connectivity index (χ2n) is 4.66. The molecule has 0 radical (unpaired) electrons. The number of nitrogens with two attached hydrogens (primary N) is 1. The molecule has 0 aliphatic rings. The maximum Gasteiger partial charge on any atom is 0.191 e.